The second kappa shape index (κ2) is 7.32. The van der Waals surface area contributed by atoms with Gasteiger partial charge in [0, 0.05) is 26.6 Å². The van der Waals surface area contributed by atoms with Crippen molar-refractivity contribution in [1.29, 1.82) is 0 Å². The van der Waals surface area contributed by atoms with Crippen molar-refractivity contribution >= 4 is 27.4 Å². The molecule has 2 aromatic heterocycles. The number of halogens is 1. The first-order chi connectivity index (χ1) is 13.2. The quantitative estimate of drug-likeness (QED) is 0.430. The highest BCUT2D eigenvalue weighted by atomic mass is 32.1. The molecule has 4 aromatic rings. The van der Waals surface area contributed by atoms with Gasteiger partial charge in [-0.2, -0.15) is 0 Å². The molecule has 4 rings (SSSR count). The molecule has 0 N–H and O–H groups in total. The Hall–Kier alpha value is -2.99. The molecule has 0 aliphatic heterocycles. The van der Waals surface area contributed by atoms with Crippen LogP contribution in [-0.2, 0) is 16.0 Å². The molecule has 2 aromatic carbocycles. The van der Waals surface area contributed by atoms with Gasteiger partial charge in [-0.15, -0.1) is 11.3 Å². The van der Waals surface area contributed by atoms with Crippen molar-refractivity contribution in [3.05, 3.63) is 65.4 Å². The molecule has 136 valence electrons. The average molecular weight is 381 g/mol. The molecule has 0 saturated carbocycles. The lowest BCUT2D eigenvalue weighted by atomic mass is 10.1. The lowest BCUT2D eigenvalue weighted by Gasteiger charge is -2.01. The third kappa shape index (κ3) is 3.48. The van der Waals surface area contributed by atoms with Gasteiger partial charge in [-0.1, -0.05) is 18.2 Å². The van der Waals surface area contributed by atoms with Crippen molar-refractivity contribution in [3.8, 4) is 22.8 Å². The first kappa shape index (κ1) is 17.4. The molecule has 0 radical (unpaired) electrons. The van der Waals surface area contributed by atoms with E-state index in [2.05, 4.69) is 4.98 Å². The molecule has 0 aliphatic rings. The summed E-state index contributed by atoms with van der Waals surface area (Å²) in [6, 6.07) is 13.9. The second-order valence-electron chi connectivity index (χ2n) is 5.93. The molecule has 27 heavy (non-hydrogen) atoms. The van der Waals surface area contributed by atoms with Crippen molar-refractivity contribution in [2.45, 2.75) is 13.3 Å². The number of nitrogens with zero attached hydrogens (tertiary/aromatic N) is 1. The molecule has 0 unspecified atom stereocenters. The standard InChI is InChI=1S/C21H16FNO3S/c1-2-25-19(24)11-17-20(16-12-27-18-6-4-3-5-15(16)18)26-21(23-17)13-7-9-14(22)10-8-13/h3-10,12H,2,11H2,1H3. The Morgan fingerprint density at radius 3 is 2.74 bits per heavy atom. The number of carbonyl (C=O) groups excluding carboxylic acids is 1. The van der Waals surface area contributed by atoms with Crippen LogP contribution in [0.1, 0.15) is 12.6 Å². The van der Waals surface area contributed by atoms with E-state index in [0.29, 0.717) is 29.5 Å². The predicted molar refractivity (Wildman–Crippen MR) is 103 cm³/mol. The summed E-state index contributed by atoms with van der Waals surface area (Å²) in [7, 11) is 0. The predicted octanol–water partition coefficient (Wildman–Crippen LogP) is 5.47. The van der Waals surface area contributed by atoms with Crippen LogP contribution in [0.4, 0.5) is 4.39 Å². The Labute approximate surface area is 159 Å². The van der Waals surface area contributed by atoms with E-state index in [1.54, 1.807) is 30.4 Å². The number of ether oxygens (including phenoxy) is 1. The molecule has 0 aliphatic carbocycles. The highest BCUT2D eigenvalue weighted by Gasteiger charge is 2.21. The van der Waals surface area contributed by atoms with E-state index in [4.69, 9.17) is 9.15 Å². The van der Waals surface area contributed by atoms with Crippen LogP contribution < -0.4 is 0 Å². The topological polar surface area (TPSA) is 52.3 Å². The fraction of sp³-hybridized carbons (Fsp3) is 0.143. The monoisotopic (exact) mass is 381 g/mol. The smallest absolute Gasteiger partial charge is 0.312 e. The van der Waals surface area contributed by atoms with Gasteiger partial charge in [0.2, 0.25) is 5.89 Å². The van der Waals surface area contributed by atoms with E-state index < -0.39 is 0 Å². The zero-order valence-corrected chi connectivity index (χ0v) is 15.4. The number of carbonyl (C=O) groups is 1. The molecular formula is C21H16FNO3S. The second-order valence-corrected chi connectivity index (χ2v) is 6.84. The summed E-state index contributed by atoms with van der Waals surface area (Å²) >= 11 is 1.60. The van der Waals surface area contributed by atoms with Gasteiger partial charge in [-0.25, -0.2) is 9.37 Å². The number of fused-ring (bicyclic) bond motifs is 1. The normalized spacial score (nSPS) is 11.0. The molecule has 0 bridgehead atoms. The molecule has 0 fully saturated rings. The van der Waals surface area contributed by atoms with Gasteiger partial charge in [0.25, 0.3) is 0 Å². The third-order valence-corrected chi connectivity index (χ3v) is 5.09. The van der Waals surface area contributed by atoms with Crippen molar-refractivity contribution in [3.63, 3.8) is 0 Å². The SMILES string of the molecule is CCOC(=O)Cc1nc(-c2ccc(F)cc2)oc1-c1csc2ccccc12. The van der Waals surface area contributed by atoms with Crippen LogP contribution in [0.3, 0.4) is 0 Å². The molecule has 6 heteroatoms. The number of hydrogen-bond donors (Lipinski definition) is 0. The van der Waals surface area contributed by atoms with E-state index in [9.17, 15) is 9.18 Å². The molecule has 0 atom stereocenters. The van der Waals surface area contributed by atoms with E-state index >= 15 is 0 Å². The Bertz CT molecular complexity index is 1100. The minimum atomic E-state index is -0.364. The third-order valence-electron chi connectivity index (χ3n) is 4.13. The summed E-state index contributed by atoms with van der Waals surface area (Å²) in [5.74, 6) is 0.192. The zero-order valence-electron chi connectivity index (χ0n) is 14.6. The molecule has 2 heterocycles. The minimum Gasteiger partial charge on any atom is -0.466 e. The molecular weight excluding hydrogens is 365 g/mol. The van der Waals surface area contributed by atoms with Crippen molar-refractivity contribution < 1.29 is 18.3 Å². The zero-order chi connectivity index (χ0) is 18.8. The van der Waals surface area contributed by atoms with Gasteiger partial charge >= 0.3 is 5.97 Å². The van der Waals surface area contributed by atoms with Crippen molar-refractivity contribution in [1.82, 2.24) is 4.98 Å². The largest absolute Gasteiger partial charge is 0.466 e. The van der Waals surface area contributed by atoms with Crippen LogP contribution >= 0.6 is 11.3 Å². The maximum Gasteiger partial charge on any atom is 0.312 e. The van der Waals surface area contributed by atoms with Crippen LogP contribution in [0.5, 0.6) is 0 Å². The number of thiophene rings is 1. The Kier molecular flexibility index (Phi) is 4.73. The fourth-order valence-electron chi connectivity index (χ4n) is 2.90. The Balaban J connectivity index is 1.83. The number of benzene rings is 2. The van der Waals surface area contributed by atoms with Crippen LogP contribution in [-0.4, -0.2) is 17.6 Å². The van der Waals surface area contributed by atoms with Gasteiger partial charge in [0.1, 0.15) is 5.82 Å². The summed E-state index contributed by atoms with van der Waals surface area (Å²) in [6.45, 7) is 2.07. The van der Waals surface area contributed by atoms with Gasteiger partial charge in [0.05, 0.1) is 18.7 Å². The van der Waals surface area contributed by atoms with Crippen LogP contribution in [0, 0.1) is 5.82 Å². The Morgan fingerprint density at radius 1 is 1.19 bits per heavy atom. The van der Waals surface area contributed by atoms with Gasteiger partial charge in [-0.3, -0.25) is 4.79 Å². The summed E-state index contributed by atoms with van der Waals surface area (Å²) in [5.41, 5.74) is 2.04. The molecule has 0 amide bonds. The van der Waals surface area contributed by atoms with Crippen LogP contribution in [0.25, 0.3) is 32.9 Å². The number of rotatable bonds is 5. The highest BCUT2D eigenvalue weighted by molar-refractivity contribution is 7.17. The average Bonchev–Trinajstić information content (AvgIpc) is 3.26. The van der Waals surface area contributed by atoms with E-state index in [1.807, 2.05) is 29.6 Å². The van der Waals surface area contributed by atoms with E-state index in [0.717, 1.165) is 15.6 Å². The first-order valence-electron chi connectivity index (χ1n) is 8.53. The van der Waals surface area contributed by atoms with Crippen molar-refractivity contribution in [2.75, 3.05) is 6.61 Å². The van der Waals surface area contributed by atoms with E-state index in [-0.39, 0.29) is 18.2 Å². The molecule has 0 spiro atoms. The fourth-order valence-corrected chi connectivity index (χ4v) is 3.84. The maximum absolute atomic E-state index is 13.2. The van der Waals surface area contributed by atoms with Crippen molar-refractivity contribution in [2.24, 2.45) is 0 Å². The van der Waals surface area contributed by atoms with Gasteiger partial charge < -0.3 is 9.15 Å². The summed E-state index contributed by atoms with van der Waals surface area (Å²) in [6.07, 6.45) is 0.0119. The summed E-state index contributed by atoms with van der Waals surface area (Å²) in [5, 5.41) is 3.03. The number of oxazole rings is 1. The van der Waals surface area contributed by atoms with Gasteiger partial charge in [-0.05, 0) is 37.3 Å². The number of hydrogen-bond acceptors (Lipinski definition) is 5. The summed E-state index contributed by atoms with van der Waals surface area (Å²) < 4.78 is 25.5. The minimum absolute atomic E-state index is 0.0119. The number of esters is 1. The molecule has 0 saturated heterocycles. The number of aromatic nitrogens is 1. The lowest BCUT2D eigenvalue weighted by Crippen LogP contribution is -2.08. The van der Waals surface area contributed by atoms with Crippen LogP contribution in [0.2, 0.25) is 0 Å². The van der Waals surface area contributed by atoms with Crippen LogP contribution in [0.15, 0.2) is 58.3 Å². The summed E-state index contributed by atoms with van der Waals surface area (Å²) in [4.78, 5) is 16.5. The highest BCUT2D eigenvalue weighted by Crippen LogP contribution is 2.38. The Morgan fingerprint density at radius 2 is 1.96 bits per heavy atom. The molecule has 4 nitrogen and oxygen atoms in total. The lowest BCUT2D eigenvalue weighted by molar-refractivity contribution is -0.142. The van der Waals surface area contributed by atoms with E-state index in [1.165, 1.54) is 12.1 Å². The van der Waals surface area contributed by atoms with Gasteiger partial charge in [0.15, 0.2) is 5.76 Å². The first-order valence-corrected chi connectivity index (χ1v) is 9.41. The maximum atomic E-state index is 13.2.